The van der Waals surface area contributed by atoms with Gasteiger partial charge in [0.15, 0.2) is 0 Å². The predicted octanol–water partition coefficient (Wildman–Crippen LogP) is 4.46. The highest BCUT2D eigenvalue weighted by atomic mass is 79.9. The number of benzene rings is 1. The van der Waals surface area contributed by atoms with Crippen molar-refractivity contribution >= 4 is 43.6 Å². The minimum atomic E-state index is 0.665. The van der Waals surface area contributed by atoms with Gasteiger partial charge < -0.3 is 10.2 Å². The molecule has 1 aromatic carbocycles. The van der Waals surface area contributed by atoms with Gasteiger partial charge in [0.1, 0.15) is 5.82 Å². The Bertz CT molecular complexity index is 587. The normalized spacial score (nSPS) is 10.5. The lowest BCUT2D eigenvalue weighted by molar-refractivity contribution is 0.879. The predicted molar refractivity (Wildman–Crippen MR) is 94.8 cm³/mol. The number of hydrogen-bond donors (Lipinski definition) is 1. The van der Waals surface area contributed by atoms with Crippen molar-refractivity contribution in [3.05, 3.63) is 45.0 Å². The highest BCUT2D eigenvalue weighted by Crippen LogP contribution is 2.25. The summed E-state index contributed by atoms with van der Waals surface area (Å²) < 4.78 is 1.98. The fourth-order valence-corrected chi connectivity index (χ4v) is 2.64. The second kappa shape index (κ2) is 7.75. The van der Waals surface area contributed by atoms with E-state index in [4.69, 9.17) is 0 Å². The number of nitrogens with zero attached hydrogens (tertiary/aromatic N) is 3. The molecule has 1 N–H and O–H groups in total. The molecule has 112 valence electrons. The molecule has 0 bridgehead atoms. The third-order valence-corrected chi connectivity index (χ3v) is 4.04. The molecule has 0 radical (unpaired) electrons. The molecule has 0 amide bonds. The third-order valence-electron chi connectivity index (χ3n) is 2.95. The van der Waals surface area contributed by atoms with Gasteiger partial charge in [-0.05, 0) is 40.0 Å². The van der Waals surface area contributed by atoms with Crippen molar-refractivity contribution in [2.24, 2.45) is 0 Å². The quantitative estimate of drug-likeness (QED) is 0.758. The molecule has 0 spiro atoms. The van der Waals surface area contributed by atoms with E-state index in [0.717, 1.165) is 34.3 Å². The summed E-state index contributed by atoms with van der Waals surface area (Å²) in [7, 11) is 2.03. The van der Waals surface area contributed by atoms with E-state index >= 15 is 0 Å². The molecular weight excluding hydrogens is 396 g/mol. The minimum absolute atomic E-state index is 0.665. The Balaban J connectivity index is 2.13. The first-order valence-electron chi connectivity index (χ1n) is 6.82. The highest BCUT2D eigenvalue weighted by Gasteiger charge is 2.10. The maximum Gasteiger partial charge on any atom is 0.224 e. The summed E-state index contributed by atoms with van der Waals surface area (Å²) in [4.78, 5) is 10.9. The summed E-state index contributed by atoms with van der Waals surface area (Å²) in [5.41, 5.74) is 1.23. The van der Waals surface area contributed by atoms with Gasteiger partial charge in [-0.15, -0.1) is 0 Å². The molecule has 0 unspecified atom stereocenters. The average molecular weight is 414 g/mol. The van der Waals surface area contributed by atoms with Gasteiger partial charge >= 0.3 is 0 Å². The number of anilines is 2. The van der Waals surface area contributed by atoms with Gasteiger partial charge in [-0.1, -0.05) is 35.0 Å². The van der Waals surface area contributed by atoms with E-state index in [1.165, 1.54) is 5.56 Å². The zero-order valence-electron chi connectivity index (χ0n) is 12.1. The van der Waals surface area contributed by atoms with Crippen LogP contribution in [-0.4, -0.2) is 23.6 Å². The van der Waals surface area contributed by atoms with Gasteiger partial charge in [0.05, 0.1) is 4.47 Å². The maximum atomic E-state index is 4.57. The molecule has 0 aliphatic heterocycles. The summed E-state index contributed by atoms with van der Waals surface area (Å²) >= 11 is 6.97. The van der Waals surface area contributed by atoms with Crippen LogP contribution in [0.15, 0.2) is 39.4 Å². The van der Waals surface area contributed by atoms with E-state index in [-0.39, 0.29) is 0 Å². The van der Waals surface area contributed by atoms with Crippen LogP contribution in [0.3, 0.4) is 0 Å². The fourth-order valence-electron chi connectivity index (χ4n) is 1.89. The van der Waals surface area contributed by atoms with Crippen LogP contribution >= 0.6 is 31.9 Å². The summed E-state index contributed by atoms with van der Waals surface area (Å²) in [5, 5.41) is 3.21. The lowest BCUT2D eigenvalue weighted by Gasteiger charge is -2.20. The molecule has 2 aromatic rings. The van der Waals surface area contributed by atoms with Crippen molar-refractivity contribution in [2.75, 3.05) is 23.8 Å². The maximum absolute atomic E-state index is 4.57. The summed E-state index contributed by atoms with van der Waals surface area (Å²) in [5.74, 6) is 1.55. The topological polar surface area (TPSA) is 41.1 Å². The third kappa shape index (κ3) is 4.68. The van der Waals surface area contributed by atoms with E-state index in [2.05, 4.69) is 71.1 Å². The van der Waals surface area contributed by atoms with Crippen LogP contribution in [0.1, 0.15) is 18.9 Å². The van der Waals surface area contributed by atoms with E-state index in [1.807, 2.05) is 19.2 Å². The number of halogens is 2. The van der Waals surface area contributed by atoms with Gasteiger partial charge in [0, 0.05) is 30.8 Å². The molecule has 0 fully saturated rings. The Morgan fingerprint density at radius 3 is 2.57 bits per heavy atom. The standard InChI is InChI=1S/C15H18Br2N4/c1-3-8-18-15-19-9-13(17)14(20-15)21(2)10-11-4-6-12(16)7-5-11/h4-7,9H,3,8,10H2,1-2H3,(H,18,19,20). The molecule has 0 atom stereocenters. The van der Waals surface area contributed by atoms with Gasteiger partial charge in [-0.2, -0.15) is 4.98 Å². The molecule has 0 aliphatic rings. The molecule has 6 heteroatoms. The second-order valence-corrected chi connectivity index (χ2v) is 6.54. The first kappa shape index (κ1) is 16.2. The number of nitrogens with one attached hydrogen (secondary N) is 1. The van der Waals surface area contributed by atoms with Crippen molar-refractivity contribution in [1.29, 1.82) is 0 Å². The van der Waals surface area contributed by atoms with Gasteiger partial charge in [0.2, 0.25) is 5.95 Å². The van der Waals surface area contributed by atoms with Crippen molar-refractivity contribution in [3.63, 3.8) is 0 Å². The Labute approximate surface area is 142 Å². The average Bonchev–Trinajstić information content (AvgIpc) is 2.48. The van der Waals surface area contributed by atoms with Crippen LogP contribution in [0.4, 0.5) is 11.8 Å². The van der Waals surface area contributed by atoms with E-state index in [9.17, 15) is 0 Å². The monoisotopic (exact) mass is 412 g/mol. The highest BCUT2D eigenvalue weighted by molar-refractivity contribution is 9.10. The van der Waals surface area contributed by atoms with Crippen molar-refractivity contribution in [1.82, 2.24) is 9.97 Å². The summed E-state index contributed by atoms with van der Waals surface area (Å²) in [6.45, 7) is 3.78. The zero-order chi connectivity index (χ0) is 15.2. The molecule has 0 saturated heterocycles. The minimum Gasteiger partial charge on any atom is -0.354 e. The lowest BCUT2D eigenvalue weighted by Crippen LogP contribution is -2.19. The molecule has 1 aromatic heterocycles. The Morgan fingerprint density at radius 2 is 1.90 bits per heavy atom. The van der Waals surface area contributed by atoms with Gasteiger partial charge in [-0.3, -0.25) is 0 Å². The van der Waals surface area contributed by atoms with E-state index in [1.54, 1.807) is 6.20 Å². The number of rotatable bonds is 6. The molecule has 21 heavy (non-hydrogen) atoms. The van der Waals surface area contributed by atoms with Crippen LogP contribution in [-0.2, 0) is 6.54 Å². The molecule has 2 rings (SSSR count). The smallest absolute Gasteiger partial charge is 0.224 e. The van der Waals surface area contributed by atoms with Crippen LogP contribution in [0.25, 0.3) is 0 Å². The summed E-state index contributed by atoms with van der Waals surface area (Å²) in [6.07, 6.45) is 2.84. The van der Waals surface area contributed by atoms with E-state index in [0.29, 0.717) is 5.95 Å². The fraction of sp³-hybridized carbons (Fsp3) is 0.333. The lowest BCUT2D eigenvalue weighted by atomic mass is 10.2. The Hall–Kier alpha value is -1.14. The Morgan fingerprint density at radius 1 is 1.19 bits per heavy atom. The second-order valence-electron chi connectivity index (χ2n) is 4.77. The molecule has 4 nitrogen and oxygen atoms in total. The van der Waals surface area contributed by atoms with Crippen molar-refractivity contribution in [2.45, 2.75) is 19.9 Å². The first-order valence-corrected chi connectivity index (χ1v) is 8.40. The van der Waals surface area contributed by atoms with Crippen molar-refractivity contribution < 1.29 is 0 Å². The molecule has 0 aliphatic carbocycles. The number of hydrogen-bond acceptors (Lipinski definition) is 4. The van der Waals surface area contributed by atoms with Crippen LogP contribution in [0.2, 0.25) is 0 Å². The Kier molecular flexibility index (Phi) is 5.99. The molecule has 0 saturated carbocycles. The molecule has 1 heterocycles. The zero-order valence-corrected chi connectivity index (χ0v) is 15.3. The SMILES string of the molecule is CCCNc1ncc(Br)c(N(C)Cc2ccc(Br)cc2)n1. The first-order chi connectivity index (χ1) is 10.1. The van der Waals surface area contributed by atoms with Crippen LogP contribution in [0, 0.1) is 0 Å². The van der Waals surface area contributed by atoms with Gasteiger partial charge in [0.25, 0.3) is 0 Å². The number of aromatic nitrogens is 2. The molecular formula is C15H18Br2N4. The van der Waals surface area contributed by atoms with Crippen LogP contribution < -0.4 is 10.2 Å². The largest absolute Gasteiger partial charge is 0.354 e. The van der Waals surface area contributed by atoms with Crippen LogP contribution in [0.5, 0.6) is 0 Å². The van der Waals surface area contributed by atoms with Gasteiger partial charge in [-0.25, -0.2) is 4.98 Å². The summed E-state index contributed by atoms with van der Waals surface area (Å²) in [6, 6.07) is 8.30. The van der Waals surface area contributed by atoms with E-state index < -0.39 is 0 Å². The van der Waals surface area contributed by atoms with Crippen molar-refractivity contribution in [3.8, 4) is 0 Å².